The van der Waals surface area contributed by atoms with Gasteiger partial charge in [-0.1, -0.05) is 182 Å². The van der Waals surface area contributed by atoms with Crippen LogP contribution in [-0.2, 0) is 0 Å². The van der Waals surface area contributed by atoms with Gasteiger partial charge in [-0.3, -0.25) is 0 Å². The molecule has 3 aromatic heterocycles. The molecule has 290 valence electrons. The molecular weight excluding hydrogens is 773 g/mol. The Balaban J connectivity index is 0.960. The summed E-state index contributed by atoms with van der Waals surface area (Å²) in [6.45, 7) is 0. The summed E-state index contributed by atoms with van der Waals surface area (Å²) in [5, 5.41) is 4.95. The third-order valence-corrected chi connectivity index (χ3v) is 13.0. The highest BCUT2D eigenvalue weighted by Gasteiger charge is 2.19. The zero-order valence-electron chi connectivity index (χ0n) is 33.5. The van der Waals surface area contributed by atoms with Gasteiger partial charge in [-0.25, -0.2) is 15.0 Å². The molecule has 0 fully saturated rings. The van der Waals surface area contributed by atoms with Crippen LogP contribution in [0.4, 0.5) is 0 Å². The van der Waals surface area contributed by atoms with E-state index in [1.807, 2.05) is 24.3 Å². The van der Waals surface area contributed by atoms with E-state index in [9.17, 15) is 0 Å². The molecule has 0 spiro atoms. The predicted octanol–water partition coefficient (Wildman–Crippen LogP) is 15.3. The van der Waals surface area contributed by atoms with Crippen molar-refractivity contribution in [2.75, 3.05) is 0 Å². The Morgan fingerprint density at radius 2 is 0.839 bits per heavy atom. The highest BCUT2D eigenvalue weighted by Crippen LogP contribution is 2.43. The Hall–Kier alpha value is -7.99. The van der Waals surface area contributed by atoms with Gasteiger partial charge in [-0.15, -0.1) is 11.3 Å². The molecule has 62 heavy (non-hydrogen) atoms. The lowest BCUT2D eigenvalue weighted by Crippen LogP contribution is -2.00. The molecule has 0 aliphatic rings. The van der Waals surface area contributed by atoms with E-state index in [1.54, 1.807) is 11.3 Å². The van der Waals surface area contributed by atoms with Crippen molar-refractivity contribution in [2.24, 2.45) is 0 Å². The Kier molecular flexibility index (Phi) is 8.65. The molecule has 0 aliphatic carbocycles. The number of nitrogens with zero attached hydrogens (tertiary/aromatic N) is 4. The van der Waals surface area contributed by atoms with Crippen molar-refractivity contribution >= 4 is 53.3 Å². The van der Waals surface area contributed by atoms with E-state index in [0.29, 0.717) is 17.5 Å². The van der Waals surface area contributed by atoms with Crippen molar-refractivity contribution in [1.29, 1.82) is 0 Å². The second-order valence-corrected chi connectivity index (χ2v) is 16.7. The van der Waals surface area contributed by atoms with E-state index < -0.39 is 0 Å². The molecule has 0 aliphatic heterocycles. The molecule has 5 heteroatoms. The Morgan fingerprint density at radius 1 is 0.306 bits per heavy atom. The molecule has 9 aromatic carbocycles. The monoisotopic (exact) mass is 808 g/mol. The first-order valence-electron chi connectivity index (χ1n) is 20.8. The fraction of sp³-hybridized carbons (Fsp3) is 0. The van der Waals surface area contributed by atoms with Gasteiger partial charge in [-0.05, 0) is 64.2 Å². The third-order valence-electron chi connectivity index (χ3n) is 11.9. The van der Waals surface area contributed by atoms with Gasteiger partial charge >= 0.3 is 0 Å². The standard InChI is InChI=1S/C57H36N4S/c1-4-15-37(16-5-1)38-27-29-40(30-28-38)56-58-55(39-17-6-2-7-18-39)59-57(60-56)42-31-33-47-50-35-41(32-34-52(50)62-53(47)36-42)44-21-10-11-22-45(44)48-24-14-25-49-46-23-12-13-26-51(46)61(54(48)49)43-19-8-3-9-20-43/h1-36H. The molecule has 0 radical (unpaired) electrons. The highest BCUT2D eigenvalue weighted by molar-refractivity contribution is 7.25. The van der Waals surface area contributed by atoms with Gasteiger partial charge in [-0.2, -0.15) is 0 Å². The van der Waals surface area contributed by atoms with Crippen LogP contribution in [0.3, 0.4) is 0 Å². The Labute approximate surface area is 362 Å². The first-order chi connectivity index (χ1) is 30.7. The number of benzene rings is 9. The van der Waals surface area contributed by atoms with Crippen LogP contribution >= 0.6 is 11.3 Å². The van der Waals surface area contributed by atoms with Crippen LogP contribution in [0.2, 0.25) is 0 Å². The minimum absolute atomic E-state index is 0.646. The number of aromatic nitrogens is 4. The van der Waals surface area contributed by atoms with Crippen molar-refractivity contribution in [3.8, 4) is 73.2 Å². The summed E-state index contributed by atoms with van der Waals surface area (Å²) >= 11 is 1.80. The summed E-state index contributed by atoms with van der Waals surface area (Å²) in [5.74, 6) is 1.95. The van der Waals surface area contributed by atoms with Crippen molar-refractivity contribution in [3.63, 3.8) is 0 Å². The van der Waals surface area contributed by atoms with Crippen molar-refractivity contribution in [2.45, 2.75) is 0 Å². The fourth-order valence-electron chi connectivity index (χ4n) is 8.93. The Bertz CT molecular complexity index is 3610. The number of para-hydroxylation sites is 3. The smallest absolute Gasteiger partial charge is 0.164 e. The second kappa shape index (κ2) is 14.9. The number of rotatable bonds is 7. The van der Waals surface area contributed by atoms with Gasteiger partial charge in [0.25, 0.3) is 0 Å². The SMILES string of the molecule is c1ccc(-c2ccc(-c3nc(-c4ccccc4)nc(-c4ccc5c(c4)sc4ccc(-c6ccccc6-c6cccc7c8ccccc8n(-c8ccccc8)c67)cc45)n3)cc2)cc1. The molecule has 0 saturated heterocycles. The summed E-state index contributed by atoms with van der Waals surface area (Å²) < 4.78 is 4.85. The number of thiophene rings is 1. The molecule has 12 rings (SSSR count). The van der Waals surface area contributed by atoms with Gasteiger partial charge in [0.2, 0.25) is 0 Å². The average molecular weight is 809 g/mol. The summed E-state index contributed by atoms with van der Waals surface area (Å²) in [7, 11) is 0. The van der Waals surface area contributed by atoms with E-state index >= 15 is 0 Å². The van der Waals surface area contributed by atoms with Crippen LogP contribution in [0.1, 0.15) is 0 Å². The molecule has 0 saturated carbocycles. The quantitative estimate of drug-likeness (QED) is 0.161. The van der Waals surface area contributed by atoms with Crippen LogP contribution in [0.5, 0.6) is 0 Å². The van der Waals surface area contributed by atoms with Crippen LogP contribution in [0.15, 0.2) is 218 Å². The van der Waals surface area contributed by atoms with Gasteiger partial charge in [0.15, 0.2) is 17.5 Å². The lowest BCUT2D eigenvalue weighted by Gasteiger charge is -2.15. The van der Waals surface area contributed by atoms with Crippen LogP contribution in [0.25, 0.3) is 115 Å². The fourth-order valence-corrected chi connectivity index (χ4v) is 10.1. The molecule has 3 heterocycles. The number of hydrogen-bond donors (Lipinski definition) is 0. The average Bonchev–Trinajstić information content (AvgIpc) is 3.90. The molecule has 12 aromatic rings. The summed E-state index contributed by atoms with van der Waals surface area (Å²) in [6, 6.07) is 77.6. The van der Waals surface area contributed by atoms with Gasteiger partial charge in [0.1, 0.15) is 0 Å². The zero-order valence-corrected chi connectivity index (χ0v) is 34.3. The molecule has 0 amide bonds. The van der Waals surface area contributed by atoms with Crippen molar-refractivity contribution in [1.82, 2.24) is 19.5 Å². The van der Waals surface area contributed by atoms with Crippen LogP contribution < -0.4 is 0 Å². The maximum atomic E-state index is 5.10. The van der Waals surface area contributed by atoms with Gasteiger partial charge in [0, 0.05) is 58.9 Å². The molecular formula is C57H36N4S. The number of fused-ring (bicyclic) bond motifs is 6. The maximum Gasteiger partial charge on any atom is 0.164 e. The first-order valence-corrected chi connectivity index (χ1v) is 21.7. The maximum absolute atomic E-state index is 5.10. The number of hydrogen-bond acceptors (Lipinski definition) is 4. The van der Waals surface area contributed by atoms with Gasteiger partial charge < -0.3 is 4.57 Å². The summed E-state index contributed by atoms with van der Waals surface area (Å²) in [6.07, 6.45) is 0. The first kappa shape index (κ1) is 35.9. The van der Waals surface area contributed by atoms with Crippen molar-refractivity contribution < 1.29 is 0 Å². The summed E-state index contributed by atoms with van der Waals surface area (Å²) in [4.78, 5) is 15.1. The molecule has 0 atom stereocenters. The van der Waals surface area contributed by atoms with E-state index in [0.717, 1.165) is 27.9 Å². The molecule has 0 bridgehead atoms. The third kappa shape index (κ3) is 6.18. The lowest BCUT2D eigenvalue weighted by molar-refractivity contribution is 1.07. The van der Waals surface area contributed by atoms with Crippen LogP contribution in [-0.4, -0.2) is 19.5 Å². The Morgan fingerprint density at radius 3 is 1.60 bits per heavy atom. The lowest BCUT2D eigenvalue weighted by atomic mass is 9.92. The molecule has 0 unspecified atom stereocenters. The second-order valence-electron chi connectivity index (χ2n) is 15.6. The van der Waals surface area contributed by atoms with E-state index in [2.05, 4.69) is 199 Å². The topological polar surface area (TPSA) is 43.6 Å². The minimum atomic E-state index is 0.646. The summed E-state index contributed by atoms with van der Waals surface area (Å²) in [5.41, 5.74) is 13.5. The minimum Gasteiger partial charge on any atom is -0.309 e. The van der Waals surface area contributed by atoms with Gasteiger partial charge in [0.05, 0.1) is 11.0 Å². The van der Waals surface area contributed by atoms with Crippen LogP contribution in [0, 0.1) is 0 Å². The van der Waals surface area contributed by atoms with E-state index in [-0.39, 0.29) is 0 Å². The van der Waals surface area contributed by atoms with E-state index in [4.69, 9.17) is 15.0 Å². The molecule has 0 N–H and O–H groups in total. The van der Waals surface area contributed by atoms with E-state index in [1.165, 1.54) is 69.8 Å². The zero-order chi connectivity index (χ0) is 41.0. The van der Waals surface area contributed by atoms with Crippen molar-refractivity contribution in [3.05, 3.63) is 218 Å². The normalized spacial score (nSPS) is 11.5. The largest absolute Gasteiger partial charge is 0.309 e. The molecule has 4 nitrogen and oxygen atoms in total. The highest BCUT2D eigenvalue weighted by atomic mass is 32.1. The predicted molar refractivity (Wildman–Crippen MR) is 260 cm³/mol.